The Labute approximate surface area is 36.3 Å². The van der Waals surface area contributed by atoms with E-state index in [0.717, 1.165) is 0 Å². The highest BCUT2D eigenvalue weighted by Crippen LogP contribution is 1.79. The van der Waals surface area contributed by atoms with Gasteiger partial charge in [-0.05, 0) is 0 Å². The van der Waals surface area contributed by atoms with Crippen LogP contribution in [0.5, 0.6) is 0 Å². The quantitative estimate of drug-likeness (QED) is 0.410. The standard InChI is InChI=1S/C4H5NO/c1-4(6)2-3-5/h6H,1-2H2/p-1. The lowest BCUT2D eigenvalue weighted by atomic mass is 10.4. The van der Waals surface area contributed by atoms with Crippen LogP contribution >= 0.6 is 0 Å². The zero-order valence-corrected chi connectivity index (χ0v) is 3.27. The Morgan fingerprint density at radius 3 is 2.50 bits per heavy atom. The molecule has 0 aliphatic carbocycles. The van der Waals surface area contributed by atoms with Gasteiger partial charge in [0.1, 0.15) is 0 Å². The molecule has 2 heteroatoms. The van der Waals surface area contributed by atoms with Crippen molar-refractivity contribution in [2.75, 3.05) is 0 Å². The predicted molar refractivity (Wildman–Crippen MR) is 19.4 cm³/mol. The first-order valence-corrected chi connectivity index (χ1v) is 1.49. The van der Waals surface area contributed by atoms with Crippen LogP contribution in [-0.2, 0) is 0 Å². The summed E-state index contributed by atoms with van der Waals surface area (Å²) in [5.41, 5.74) is 0. The van der Waals surface area contributed by atoms with E-state index >= 15 is 0 Å². The van der Waals surface area contributed by atoms with Crippen molar-refractivity contribution < 1.29 is 5.11 Å². The first kappa shape index (κ1) is 5.03. The van der Waals surface area contributed by atoms with Crippen LogP contribution in [0.15, 0.2) is 12.3 Å². The molecule has 0 aliphatic rings. The highest BCUT2D eigenvalue weighted by molar-refractivity contribution is 4.88. The molecule has 2 nitrogen and oxygen atoms in total. The van der Waals surface area contributed by atoms with Gasteiger partial charge in [-0.3, -0.25) is 0 Å². The van der Waals surface area contributed by atoms with Gasteiger partial charge in [0.05, 0.1) is 6.07 Å². The molecule has 0 aromatic heterocycles. The van der Waals surface area contributed by atoms with Crippen molar-refractivity contribution in [1.29, 1.82) is 5.26 Å². The highest BCUT2D eigenvalue weighted by Gasteiger charge is 1.66. The SMILES string of the molecule is C=C([O-])CC#N. The summed E-state index contributed by atoms with van der Waals surface area (Å²) in [5.74, 6) is -0.322. The Hall–Kier alpha value is -0.970. The third-order valence-corrected chi connectivity index (χ3v) is 0.276. The smallest absolute Gasteiger partial charge is 0.0656 e. The van der Waals surface area contributed by atoms with Crippen LogP contribution in [0.25, 0.3) is 0 Å². The lowest BCUT2D eigenvalue weighted by Gasteiger charge is -1.98. The summed E-state index contributed by atoms with van der Waals surface area (Å²) in [7, 11) is 0. The van der Waals surface area contributed by atoms with Crippen LogP contribution in [-0.4, -0.2) is 0 Å². The second-order valence-electron chi connectivity index (χ2n) is 0.874. The van der Waals surface area contributed by atoms with E-state index in [4.69, 9.17) is 5.26 Å². The maximum Gasteiger partial charge on any atom is 0.0656 e. The third kappa shape index (κ3) is 3.03. The van der Waals surface area contributed by atoms with Crippen molar-refractivity contribution in [3.8, 4) is 6.07 Å². The van der Waals surface area contributed by atoms with Crippen molar-refractivity contribution in [2.45, 2.75) is 6.42 Å². The zero-order chi connectivity index (χ0) is 4.99. The van der Waals surface area contributed by atoms with Gasteiger partial charge in [0.2, 0.25) is 0 Å². The Bertz CT molecular complexity index is 90.2. The molecule has 0 spiro atoms. The number of nitriles is 1. The molecule has 0 aliphatic heterocycles. The van der Waals surface area contributed by atoms with E-state index in [1.54, 1.807) is 6.07 Å². The molecule has 0 N–H and O–H groups in total. The number of hydrogen-bond acceptors (Lipinski definition) is 2. The Morgan fingerprint density at radius 1 is 2.00 bits per heavy atom. The van der Waals surface area contributed by atoms with Crippen LogP contribution in [0, 0.1) is 11.3 Å². The Kier molecular flexibility index (Phi) is 1.91. The maximum absolute atomic E-state index is 9.71. The second-order valence-corrected chi connectivity index (χ2v) is 0.874. The molecule has 0 atom stereocenters. The van der Waals surface area contributed by atoms with Gasteiger partial charge in [0.25, 0.3) is 0 Å². The van der Waals surface area contributed by atoms with Gasteiger partial charge in [0, 0.05) is 6.42 Å². The van der Waals surface area contributed by atoms with Gasteiger partial charge in [0.15, 0.2) is 0 Å². The molecule has 6 heavy (non-hydrogen) atoms. The van der Waals surface area contributed by atoms with Gasteiger partial charge in [-0.15, -0.1) is 12.3 Å². The summed E-state index contributed by atoms with van der Waals surface area (Å²) in [4.78, 5) is 0. The Morgan fingerprint density at radius 2 is 2.50 bits per heavy atom. The molecule has 0 heterocycles. The first-order valence-electron chi connectivity index (χ1n) is 1.49. The molecule has 0 rings (SSSR count). The van der Waals surface area contributed by atoms with Crippen molar-refractivity contribution in [1.82, 2.24) is 0 Å². The predicted octanol–water partition coefficient (Wildman–Crippen LogP) is -0.226. The van der Waals surface area contributed by atoms with E-state index in [9.17, 15) is 5.11 Å². The summed E-state index contributed by atoms with van der Waals surface area (Å²) in [6.45, 7) is 2.97. The number of nitrogens with zero attached hydrogens (tertiary/aromatic N) is 1. The topological polar surface area (TPSA) is 46.8 Å². The first-order chi connectivity index (χ1) is 2.77. The van der Waals surface area contributed by atoms with E-state index in [1.807, 2.05) is 0 Å². The summed E-state index contributed by atoms with van der Waals surface area (Å²) in [5, 5.41) is 17.4. The normalized spacial score (nSPS) is 6.50. The van der Waals surface area contributed by atoms with Gasteiger partial charge in [-0.1, -0.05) is 0 Å². The van der Waals surface area contributed by atoms with Crippen molar-refractivity contribution in [2.24, 2.45) is 0 Å². The molecule has 0 aromatic rings. The average Bonchev–Trinajstić information content (AvgIpc) is 1.35. The molecule has 0 amide bonds. The largest absolute Gasteiger partial charge is 0.875 e. The number of rotatable bonds is 1. The fraction of sp³-hybridized carbons (Fsp3) is 0.250. The van der Waals surface area contributed by atoms with Gasteiger partial charge in [-0.2, -0.15) is 5.26 Å². The molecule has 0 aromatic carbocycles. The van der Waals surface area contributed by atoms with Crippen LogP contribution < -0.4 is 5.11 Å². The molecule has 0 fully saturated rings. The van der Waals surface area contributed by atoms with Gasteiger partial charge < -0.3 is 5.11 Å². The van der Waals surface area contributed by atoms with Crippen LogP contribution in [0.3, 0.4) is 0 Å². The summed E-state index contributed by atoms with van der Waals surface area (Å²) >= 11 is 0. The fourth-order valence-corrected chi connectivity index (χ4v) is 0.0882. The van der Waals surface area contributed by atoms with E-state index in [0.29, 0.717) is 0 Å². The van der Waals surface area contributed by atoms with Crippen molar-refractivity contribution in [3.05, 3.63) is 12.3 Å². The van der Waals surface area contributed by atoms with E-state index in [2.05, 4.69) is 6.58 Å². The summed E-state index contributed by atoms with van der Waals surface area (Å²) < 4.78 is 0. The van der Waals surface area contributed by atoms with E-state index in [-0.39, 0.29) is 12.2 Å². The molecular weight excluding hydrogens is 78.0 g/mol. The average molecular weight is 82.1 g/mol. The minimum Gasteiger partial charge on any atom is -0.875 e. The van der Waals surface area contributed by atoms with E-state index in [1.165, 1.54) is 0 Å². The minimum absolute atomic E-state index is 0.0694. The van der Waals surface area contributed by atoms with Crippen LogP contribution in [0.4, 0.5) is 0 Å². The molecular formula is C4H4NO-. The highest BCUT2D eigenvalue weighted by atomic mass is 16.3. The molecule has 0 radical (unpaired) electrons. The lowest BCUT2D eigenvalue weighted by molar-refractivity contribution is -0.303. The lowest BCUT2D eigenvalue weighted by Crippen LogP contribution is -1.98. The minimum atomic E-state index is -0.322. The Balaban J connectivity index is 3.13. The molecule has 32 valence electrons. The van der Waals surface area contributed by atoms with Gasteiger partial charge >= 0.3 is 0 Å². The third-order valence-electron chi connectivity index (χ3n) is 0.276. The van der Waals surface area contributed by atoms with Crippen molar-refractivity contribution in [3.63, 3.8) is 0 Å². The maximum atomic E-state index is 9.71. The van der Waals surface area contributed by atoms with Crippen LogP contribution in [0.2, 0.25) is 0 Å². The second kappa shape index (κ2) is 2.28. The van der Waals surface area contributed by atoms with Crippen molar-refractivity contribution >= 4 is 0 Å². The monoisotopic (exact) mass is 82.0 g/mol. The fourth-order valence-electron chi connectivity index (χ4n) is 0.0882. The molecule has 0 saturated heterocycles. The molecule has 0 saturated carbocycles. The molecule has 0 unspecified atom stereocenters. The number of hydrogen-bond donors (Lipinski definition) is 0. The zero-order valence-electron chi connectivity index (χ0n) is 3.27. The van der Waals surface area contributed by atoms with Crippen LogP contribution in [0.1, 0.15) is 6.42 Å². The summed E-state index contributed by atoms with van der Waals surface area (Å²) in [6, 6.07) is 1.66. The van der Waals surface area contributed by atoms with Gasteiger partial charge in [-0.25, -0.2) is 0 Å². The number of allylic oxidation sites excluding steroid dienone is 1. The summed E-state index contributed by atoms with van der Waals surface area (Å²) in [6.07, 6.45) is -0.0694. The van der Waals surface area contributed by atoms with E-state index < -0.39 is 0 Å². The molecule has 0 bridgehead atoms.